The van der Waals surface area contributed by atoms with Crippen LogP contribution < -0.4 is 11.5 Å². The molecule has 0 aliphatic carbocycles. The second-order valence-electron chi connectivity index (χ2n) is 4.33. The van der Waals surface area contributed by atoms with Crippen LogP contribution in [-0.4, -0.2) is 4.98 Å². The lowest BCUT2D eigenvalue weighted by molar-refractivity contribution is 0.620. The summed E-state index contributed by atoms with van der Waals surface area (Å²) in [6.45, 7) is 1.97. The predicted octanol–water partition coefficient (Wildman–Crippen LogP) is 2.97. The molecule has 2 aromatic carbocycles. The number of benzene rings is 2. The fourth-order valence-electron chi connectivity index (χ4n) is 1.97. The number of nitrogen functional groups attached to an aromatic ring is 2. The van der Waals surface area contributed by atoms with Crippen molar-refractivity contribution in [2.75, 3.05) is 11.5 Å². The normalized spacial score (nSPS) is 10.9. The molecule has 1 aromatic heterocycles. The van der Waals surface area contributed by atoms with E-state index in [4.69, 9.17) is 15.9 Å². The molecule has 0 unspecified atom stereocenters. The van der Waals surface area contributed by atoms with Crippen LogP contribution in [-0.2, 0) is 0 Å². The molecule has 18 heavy (non-hydrogen) atoms. The van der Waals surface area contributed by atoms with E-state index in [1.807, 2.05) is 37.3 Å². The van der Waals surface area contributed by atoms with Crippen molar-refractivity contribution in [3.05, 3.63) is 42.0 Å². The minimum Gasteiger partial charge on any atom is -0.436 e. The fourth-order valence-corrected chi connectivity index (χ4v) is 1.97. The molecule has 0 saturated carbocycles. The van der Waals surface area contributed by atoms with Gasteiger partial charge in [-0.15, -0.1) is 0 Å². The standard InChI is InChI=1S/C14H13N3O/c1-8-6-11(16)7-12-13(8)17-14(18-12)9-2-4-10(15)5-3-9/h2-7H,15-16H2,1H3. The summed E-state index contributed by atoms with van der Waals surface area (Å²) in [5.41, 5.74) is 16.3. The number of anilines is 2. The van der Waals surface area contributed by atoms with Crippen LogP contribution >= 0.6 is 0 Å². The van der Waals surface area contributed by atoms with Gasteiger partial charge in [0.2, 0.25) is 5.89 Å². The molecule has 0 radical (unpaired) electrons. The summed E-state index contributed by atoms with van der Waals surface area (Å²) in [5, 5.41) is 0. The lowest BCUT2D eigenvalue weighted by Gasteiger charge is -1.95. The first-order valence-corrected chi connectivity index (χ1v) is 5.66. The van der Waals surface area contributed by atoms with Crippen LogP contribution in [0, 0.1) is 6.92 Å². The minimum atomic E-state index is 0.582. The van der Waals surface area contributed by atoms with Crippen LogP contribution in [0.2, 0.25) is 0 Å². The van der Waals surface area contributed by atoms with E-state index < -0.39 is 0 Å². The van der Waals surface area contributed by atoms with Crippen LogP contribution in [0.1, 0.15) is 5.56 Å². The fraction of sp³-hybridized carbons (Fsp3) is 0.0714. The molecule has 0 saturated heterocycles. The summed E-state index contributed by atoms with van der Waals surface area (Å²) < 4.78 is 5.72. The molecular weight excluding hydrogens is 226 g/mol. The molecule has 0 fully saturated rings. The summed E-state index contributed by atoms with van der Waals surface area (Å²) in [4.78, 5) is 4.49. The van der Waals surface area contributed by atoms with E-state index in [1.165, 1.54) is 0 Å². The number of oxazole rings is 1. The summed E-state index contributed by atoms with van der Waals surface area (Å²) in [6, 6.07) is 11.1. The Morgan fingerprint density at radius 1 is 1.00 bits per heavy atom. The third-order valence-corrected chi connectivity index (χ3v) is 2.87. The number of hydrogen-bond acceptors (Lipinski definition) is 4. The Morgan fingerprint density at radius 2 is 1.72 bits per heavy atom. The first-order valence-electron chi connectivity index (χ1n) is 5.66. The highest BCUT2D eigenvalue weighted by Crippen LogP contribution is 2.28. The lowest BCUT2D eigenvalue weighted by atomic mass is 10.2. The average molecular weight is 239 g/mol. The molecule has 3 rings (SSSR count). The molecular formula is C14H13N3O. The quantitative estimate of drug-likeness (QED) is 0.640. The summed E-state index contributed by atoms with van der Waals surface area (Å²) in [7, 11) is 0. The number of fused-ring (bicyclic) bond motifs is 1. The maximum atomic E-state index is 5.79. The van der Waals surface area contributed by atoms with E-state index in [1.54, 1.807) is 6.07 Å². The van der Waals surface area contributed by atoms with Crippen molar-refractivity contribution in [2.24, 2.45) is 0 Å². The molecule has 0 aliphatic rings. The Bertz CT molecular complexity index is 714. The summed E-state index contributed by atoms with van der Waals surface area (Å²) >= 11 is 0. The maximum absolute atomic E-state index is 5.79. The van der Waals surface area contributed by atoms with Crippen LogP contribution in [0.4, 0.5) is 11.4 Å². The van der Waals surface area contributed by atoms with Gasteiger partial charge in [-0.3, -0.25) is 0 Å². The van der Waals surface area contributed by atoms with E-state index in [-0.39, 0.29) is 0 Å². The number of rotatable bonds is 1. The number of nitrogens with zero attached hydrogens (tertiary/aromatic N) is 1. The molecule has 0 spiro atoms. The number of aryl methyl sites for hydroxylation is 1. The average Bonchev–Trinajstić information content (AvgIpc) is 2.74. The van der Waals surface area contributed by atoms with E-state index in [9.17, 15) is 0 Å². The summed E-state index contributed by atoms with van der Waals surface area (Å²) in [5.74, 6) is 0.582. The molecule has 90 valence electrons. The Labute approximate surface area is 104 Å². The van der Waals surface area contributed by atoms with Gasteiger partial charge in [0, 0.05) is 23.0 Å². The van der Waals surface area contributed by atoms with Crippen molar-refractivity contribution in [3.8, 4) is 11.5 Å². The van der Waals surface area contributed by atoms with E-state index in [0.29, 0.717) is 17.2 Å². The molecule has 0 amide bonds. The number of nitrogens with two attached hydrogens (primary N) is 2. The molecule has 0 atom stereocenters. The maximum Gasteiger partial charge on any atom is 0.227 e. The number of aromatic nitrogens is 1. The van der Waals surface area contributed by atoms with Crippen LogP contribution in [0.5, 0.6) is 0 Å². The molecule has 1 heterocycles. The lowest BCUT2D eigenvalue weighted by Crippen LogP contribution is -1.86. The van der Waals surface area contributed by atoms with Crippen LogP contribution in [0.25, 0.3) is 22.6 Å². The van der Waals surface area contributed by atoms with Crippen molar-refractivity contribution >= 4 is 22.5 Å². The second-order valence-corrected chi connectivity index (χ2v) is 4.33. The number of hydrogen-bond donors (Lipinski definition) is 2. The van der Waals surface area contributed by atoms with Crippen molar-refractivity contribution in [2.45, 2.75) is 6.92 Å². The van der Waals surface area contributed by atoms with Crippen molar-refractivity contribution in [3.63, 3.8) is 0 Å². The molecule has 3 aromatic rings. The third-order valence-electron chi connectivity index (χ3n) is 2.87. The van der Waals surface area contributed by atoms with Gasteiger partial charge >= 0.3 is 0 Å². The molecule has 4 N–H and O–H groups in total. The Kier molecular flexibility index (Phi) is 2.23. The van der Waals surface area contributed by atoms with Crippen LogP contribution in [0.15, 0.2) is 40.8 Å². The van der Waals surface area contributed by atoms with Gasteiger partial charge in [0.1, 0.15) is 5.52 Å². The van der Waals surface area contributed by atoms with E-state index >= 15 is 0 Å². The Balaban J connectivity index is 2.19. The Hall–Kier alpha value is -2.49. The van der Waals surface area contributed by atoms with Gasteiger partial charge in [0.25, 0.3) is 0 Å². The molecule has 0 aliphatic heterocycles. The Morgan fingerprint density at radius 3 is 2.44 bits per heavy atom. The topological polar surface area (TPSA) is 78.1 Å². The zero-order valence-electron chi connectivity index (χ0n) is 9.97. The minimum absolute atomic E-state index is 0.582. The van der Waals surface area contributed by atoms with Crippen molar-refractivity contribution in [1.29, 1.82) is 0 Å². The molecule has 4 nitrogen and oxygen atoms in total. The SMILES string of the molecule is Cc1cc(N)cc2oc(-c3ccc(N)cc3)nc12. The van der Waals surface area contributed by atoms with Gasteiger partial charge in [-0.1, -0.05) is 0 Å². The molecule has 4 heteroatoms. The van der Waals surface area contributed by atoms with Crippen molar-refractivity contribution < 1.29 is 4.42 Å². The van der Waals surface area contributed by atoms with Gasteiger partial charge in [-0.2, -0.15) is 0 Å². The zero-order chi connectivity index (χ0) is 12.7. The van der Waals surface area contributed by atoms with Gasteiger partial charge in [0.05, 0.1) is 0 Å². The second kappa shape index (κ2) is 3.77. The van der Waals surface area contributed by atoms with Gasteiger partial charge in [0.15, 0.2) is 5.58 Å². The monoisotopic (exact) mass is 239 g/mol. The van der Waals surface area contributed by atoms with E-state index in [0.717, 1.165) is 22.3 Å². The van der Waals surface area contributed by atoms with Gasteiger partial charge in [-0.25, -0.2) is 4.98 Å². The molecule has 0 bridgehead atoms. The first kappa shape index (κ1) is 10.7. The highest BCUT2D eigenvalue weighted by atomic mass is 16.3. The predicted molar refractivity (Wildman–Crippen MR) is 73.0 cm³/mol. The van der Waals surface area contributed by atoms with Gasteiger partial charge in [-0.05, 0) is 42.8 Å². The highest BCUT2D eigenvalue weighted by Gasteiger charge is 2.10. The van der Waals surface area contributed by atoms with E-state index in [2.05, 4.69) is 4.98 Å². The summed E-state index contributed by atoms with van der Waals surface area (Å²) in [6.07, 6.45) is 0. The smallest absolute Gasteiger partial charge is 0.227 e. The first-order chi connectivity index (χ1) is 8.63. The van der Waals surface area contributed by atoms with Crippen molar-refractivity contribution in [1.82, 2.24) is 4.98 Å². The highest BCUT2D eigenvalue weighted by molar-refractivity contribution is 5.82. The van der Waals surface area contributed by atoms with Gasteiger partial charge < -0.3 is 15.9 Å². The third kappa shape index (κ3) is 1.68. The largest absolute Gasteiger partial charge is 0.436 e. The van der Waals surface area contributed by atoms with Crippen LogP contribution in [0.3, 0.4) is 0 Å². The zero-order valence-corrected chi connectivity index (χ0v) is 9.97.